The number of aryl methyl sites for hydroxylation is 2. The second-order valence-electron chi connectivity index (χ2n) is 9.71. The molecule has 1 aliphatic heterocycles. The maximum absolute atomic E-state index is 11.5. The fourth-order valence-corrected chi connectivity index (χ4v) is 5.52. The van der Waals surface area contributed by atoms with Crippen LogP contribution in [0.25, 0.3) is 33.8 Å². The van der Waals surface area contributed by atoms with E-state index in [2.05, 4.69) is 45.2 Å². The molecule has 1 aliphatic rings. The molecule has 38 heavy (non-hydrogen) atoms. The third-order valence-corrected chi connectivity index (χ3v) is 7.34. The number of nitrogens with zero attached hydrogens (tertiary/aromatic N) is 6. The van der Waals surface area contributed by atoms with Crippen molar-refractivity contribution in [2.45, 2.75) is 25.8 Å². The Morgan fingerprint density at radius 1 is 1.05 bits per heavy atom. The normalized spacial score (nSPS) is 15.1. The lowest BCUT2D eigenvalue weighted by atomic mass is 9.86. The molecule has 1 saturated heterocycles. The minimum Gasteiger partial charge on any atom is -0.478 e. The summed E-state index contributed by atoms with van der Waals surface area (Å²) in [6, 6.07) is 19.5. The van der Waals surface area contributed by atoms with Crippen LogP contribution in [0.1, 0.15) is 40.5 Å². The van der Waals surface area contributed by atoms with E-state index in [0.717, 1.165) is 46.7 Å². The van der Waals surface area contributed by atoms with Crippen molar-refractivity contribution in [3.8, 4) is 22.6 Å². The summed E-state index contributed by atoms with van der Waals surface area (Å²) >= 11 is 0. The topological polar surface area (TPSA) is 108 Å². The Morgan fingerprint density at radius 2 is 1.79 bits per heavy atom. The van der Waals surface area contributed by atoms with Gasteiger partial charge in [-0.1, -0.05) is 47.7 Å². The highest BCUT2D eigenvalue weighted by atomic mass is 16.5. The van der Waals surface area contributed by atoms with Gasteiger partial charge in [0, 0.05) is 37.6 Å². The van der Waals surface area contributed by atoms with E-state index >= 15 is 0 Å². The molecule has 0 spiro atoms. The Balaban J connectivity index is 1.62. The number of imidazole rings is 1. The van der Waals surface area contributed by atoms with Gasteiger partial charge in [0.2, 0.25) is 0 Å². The Labute approximate surface area is 219 Å². The summed E-state index contributed by atoms with van der Waals surface area (Å²) in [5.74, 6) is 0.118. The smallest absolute Gasteiger partial charge is 0.335 e. The molecule has 5 aromatic rings. The van der Waals surface area contributed by atoms with Gasteiger partial charge in [-0.25, -0.2) is 19.4 Å². The average molecular weight is 509 g/mol. The van der Waals surface area contributed by atoms with Gasteiger partial charge in [0.15, 0.2) is 5.65 Å². The Morgan fingerprint density at radius 3 is 2.45 bits per heavy atom. The largest absolute Gasteiger partial charge is 0.478 e. The molecule has 4 heterocycles. The van der Waals surface area contributed by atoms with E-state index in [9.17, 15) is 9.90 Å². The lowest BCUT2D eigenvalue weighted by Gasteiger charge is -2.33. The quantitative estimate of drug-likeness (QED) is 0.347. The SMILES string of the molecule is Cc1nnn(C)c1-c1cnc2nc(-c3ccc(C(=O)O)cc3)n(C(c3ccccc3)C3CCOCC3)c2c1. The number of hydrogen-bond acceptors (Lipinski definition) is 6. The number of carbonyl (C=O) groups is 1. The van der Waals surface area contributed by atoms with Gasteiger partial charge in [0.05, 0.1) is 28.5 Å². The van der Waals surface area contributed by atoms with E-state index in [-0.39, 0.29) is 11.6 Å². The van der Waals surface area contributed by atoms with Crippen LogP contribution < -0.4 is 0 Å². The van der Waals surface area contributed by atoms with E-state index < -0.39 is 5.97 Å². The van der Waals surface area contributed by atoms with Gasteiger partial charge >= 0.3 is 5.97 Å². The lowest BCUT2D eigenvalue weighted by molar-refractivity contribution is 0.0549. The lowest BCUT2D eigenvalue weighted by Crippen LogP contribution is -2.27. The zero-order chi connectivity index (χ0) is 26.2. The average Bonchev–Trinajstić information content (AvgIpc) is 3.49. The third-order valence-electron chi connectivity index (χ3n) is 7.34. The van der Waals surface area contributed by atoms with Gasteiger partial charge in [0.1, 0.15) is 5.82 Å². The molecule has 0 bridgehead atoms. The number of carboxylic acids is 1. The number of aromatic carboxylic acids is 1. The Kier molecular flexibility index (Phi) is 6.21. The maximum Gasteiger partial charge on any atom is 0.335 e. The summed E-state index contributed by atoms with van der Waals surface area (Å²) in [5.41, 5.74) is 6.43. The second kappa shape index (κ2) is 9.83. The van der Waals surface area contributed by atoms with Crippen molar-refractivity contribution in [2.75, 3.05) is 13.2 Å². The molecule has 0 radical (unpaired) electrons. The molecule has 1 fully saturated rings. The van der Waals surface area contributed by atoms with Crippen molar-refractivity contribution >= 4 is 17.1 Å². The number of hydrogen-bond donors (Lipinski definition) is 1. The second-order valence-corrected chi connectivity index (χ2v) is 9.71. The first-order valence-corrected chi connectivity index (χ1v) is 12.7. The standard InChI is InChI=1S/C29H28N6O3/c1-18-25(34(2)33-32-18)23-16-24-27(30-17-23)31-28(21-8-10-22(11-9-21)29(36)37)35(24)26(19-6-4-3-5-7-19)20-12-14-38-15-13-20/h3-11,16-17,20,26H,12-15H2,1-2H3,(H,36,37). The summed E-state index contributed by atoms with van der Waals surface area (Å²) in [7, 11) is 1.88. The predicted octanol–water partition coefficient (Wildman–Crippen LogP) is 4.92. The van der Waals surface area contributed by atoms with Crippen LogP contribution in [0.3, 0.4) is 0 Å². The Hall–Kier alpha value is -4.37. The van der Waals surface area contributed by atoms with Crippen LogP contribution in [0.5, 0.6) is 0 Å². The van der Waals surface area contributed by atoms with Gasteiger partial charge in [-0.3, -0.25) is 0 Å². The van der Waals surface area contributed by atoms with Crippen molar-refractivity contribution in [1.82, 2.24) is 29.5 Å². The summed E-state index contributed by atoms with van der Waals surface area (Å²) in [6.07, 6.45) is 3.66. The van der Waals surface area contributed by atoms with Crippen molar-refractivity contribution in [1.29, 1.82) is 0 Å². The van der Waals surface area contributed by atoms with E-state index in [1.54, 1.807) is 16.8 Å². The minimum absolute atomic E-state index is 0.0120. The molecule has 0 saturated carbocycles. The van der Waals surface area contributed by atoms with E-state index in [1.807, 2.05) is 38.4 Å². The zero-order valence-electron chi connectivity index (χ0n) is 21.3. The van der Waals surface area contributed by atoms with Crippen LogP contribution in [0, 0.1) is 12.8 Å². The van der Waals surface area contributed by atoms with Crippen LogP contribution in [-0.4, -0.2) is 53.8 Å². The van der Waals surface area contributed by atoms with Crippen LogP contribution in [0.4, 0.5) is 0 Å². The van der Waals surface area contributed by atoms with E-state index in [4.69, 9.17) is 14.7 Å². The van der Waals surface area contributed by atoms with Crippen LogP contribution in [0.2, 0.25) is 0 Å². The van der Waals surface area contributed by atoms with E-state index in [1.165, 1.54) is 5.56 Å². The van der Waals surface area contributed by atoms with Crippen LogP contribution in [-0.2, 0) is 11.8 Å². The fourth-order valence-electron chi connectivity index (χ4n) is 5.52. The van der Waals surface area contributed by atoms with Crippen molar-refractivity contribution in [3.05, 3.63) is 83.7 Å². The minimum atomic E-state index is -0.958. The molecule has 1 atom stereocenters. The molecule has 0 amide bonds. The highest BCUT2D eigenvalue weighted by molar-refractivity contribution is 5.88. The number of ether oxygens (including phenoxy) is 1. The van der Waals surface area contributed by atoms with Gasteiger partial charge in [-0.05, 0) is 49.4 Å². The number of benzene rings is 2. The fraction of sp³-hybridized carbons (Fsp3) is 0.276. The first-order valence-electron chi connectivity index (χ1n) is 12.7. The summed E-state index contributed by atoms with van der Waals surface area (Å²) in [6.45, 7) is 3.37. The molecule has 9 heteroatoms. The number of aromatic nitrogens is 6. The first-order chi connectivity index (χ1) is 18.5. The van der Waals surface area contributed by atoms with Crippen LogP contribution in [0.15, 0.2) is 66.9 Å². The molecular weight excluding hydrogens is 480 g/mol. The maximum atomic E-state index is 11.5. The van der Waals surface area contributed by atoms with E-state index in [0.29, 0.717) is 24.8 Å². The molecule has 9 nitrogen and oxygen atoms in total. The van der Waals surface area contributed by atoms with Crippen molar-refractivity contribution in [3.63, 3.8) is 0 Å². The molecule has 3 aromatic heterocycles. The van der Waals surface area contributed by atoms with Gasteiger partial charge < -0.3 is 14.4 Å². The highest BCUT2D eigenvalue weighted by Crippen LogP contribution is 2.40. The summed E-state index contributed by atoms with van der Waals surface area (Å²) in [4.78, 5) is 21.3. The predicted molar refractivity (Wildman–Crippen MR) is 143 cm³/mol. The van der Waals surface area contributed by atoms with Crippen molar-refractivity contribution < 1.29 is 14.6 Å². The summed E-state index contributed by atoms with van der Waals surface area (Å²) < 4.78 is 9.77. The van der Waals surface area contributed by atoms with Gasteiger partial charge in [-0.15, -0.1) is 5.10 Å². The zero-order valence-corrected chi connectivity index (χ0v) is 21.3. The molecule has 0 aliphatic carbocycles. The summed E-state index contributed by atoms with van der Waals surface area (Å²) in [5, 5.41) is 17.8. The number of pyridine rings is 1. The van der Waals surface area contributed by atoms with Gasteiger partial charge in [-0.2, -0.15) is 0 Å². The molecular formula is C29H28N6O3. The molecule has 1 N–H and O–H groups in total. The third kappa shape index (κ3) is 4.24. The first kappa shape index (κ1) is 24.0. The number of carboxylic acid groups (broad SMARTS) is 1. The van der Waals surface area contributed by atoms with Crippen LogP contribution >= 0.6 is 0 Å². The Bertz CT molecular complexity index is 1580. The molecule has 1 unspecified atom stereocenters. The monoisotopic (exact) mass is 508 g/mol. The molecule has 2 aromatic carbocycles. The number of fused-ring (bicyclic) bond motifs is 1. The van der Waals surface area contributed by atoms with Gasteiger partial charge in [0.25, 0.3) is 0 Å². The highest BCUT2D eigenvalue weighted by Gasteiger charge is 2.31. The number of rotatable bonds is 6. The molecule has 6 rings (SSSR count). The molecule has 192 valence electrons. The van der Waals surface area contributed by atoms with Crippen molar-refractivity contribution in [2.24, 2.45) is 13.0 Å².